The van der Waals surface area contributed by atoms with Crippen LogP contribution in [0.25, 0.3) is 0 Å². The van der Waals surface area contributed by atoms with Crippen molar-refractivity contribution in [1.82, 2.24) is 9.88 Å². The van der Waals surface area contributed by atoms with Crippen molar-refractivity contribution in [3.63, 3.8) is 0 Å². The molecule has 200 valence electrons. The van der Waals surface area contributed by atoms with Gasteiger partial charge in [-0.2, -0.15) is 0 Å². The molecular formula is C30H41N3O4. The average Bonchev–Trinajstić information content (AvgIpc) is 3.68. The SMILES string of the molecule is COc1cccc(C(C(=O)O)N2CC(OCCCCCc3ccc4c(n3)NCCC4(C)C)C2)c1C1CC1. The highest BCUT2D eigenvalue weighted by atomic mass is 16.5. The molecule has 1 aromatic heterocycles. The lowest BCUT2D eigenvalue weighted by Gasteiger charge is -2.43. The number of anilines is 1. The molecule has 0 bridgehead atoms. The molecule has 2 N–H and O–H groups in total. The molecule has 7 heteroatoms. The van der Waals surface area contributed by atoms with Gasteiger partial charge in [-0.1, -0.05) is 38.5 Å². The van der Waals surface area contributed by atoms with Gasteiger partial charge in [0, 0.05) is 43.1 Å². The number of nitrogens with zero attached hydrogens (tertiary/aromatic N) is 2. The number of methoxy groups -OCH3 is 1. The van der Waals surface area contributed by atoms with Gasteiger partial charge in [-0.15, -0.1) is 0 Å². The molecule has 7 nitrogen and oxygen atoms in total. The summed E-state index contributed by atoms with van der Waals surface area (Å²) in [5, 5.41) is 13.5. The number of carboxylic acids is 1. The first kappa shape index (κ1) is 26.0. The molecule has 1 unspecified atom stereocenters. The summed E-state index contributed by atoms with van der Waals surface area (Å²) in [6, 6.07) is 9.59. The van der Waals surface area contributed by atoms with Crippen molar-refractivity contribution in [2.24, 2.45) is 0 Å². The van der Waals surface area contributed by atoms with Crippen LogP contribution in [-0.4, -0.2) is 60.4 Å². The maximum absolute atomic E-state index is 12.3. The Morgan fingerprint density at radius 2 is 2.00 bits per heavy atom. The summed E-state index contributed by atoms with van der Waals surface area (Å²) in [6.45, 7) is 7.60. The standard InChI is InChI=1S/C30H41N3O4/c1-30(2)15-16-31-28-24(30)14-13-21(32-28)8-5-4-6-17-37-22-18-33(19-22)27(29(34)35)23-9-7-10-25(36-3)26(23)20-11-12-20/h7,9-10,13-14,20,22,27H,4-6,8,11-12,15-19H2,1-3H3,(H,31,32)(H,34,35). The average molecular weight is 508 g/mol. The normalized spacial score (nSPS) is 20.0. The molecule has 0 radical (unpaired) electrons. The van der Waals surface area contributed by atoms with Crippen molar-refractivity contribution in [1.29, 1.82) is 0 Å². The number of carbonyl (C=O) groups is 1. The Morgan fingerprint density at radius 3 is 2.73 bits per heavy atom. The molecule has 2 fully saturated rings. The van der Waals surface area contributed by atoms with Crippen LogP contribution in [0.3, 0.4) is 0 Å². The number of unbranched alkanes of at least 4 members (excludes halogenated alkanes) is 2. The highest BCUT2D eigenvalue weighted by Crippen LogP contribution is 2.48. The first-order valence-electron chi connectivity index (χ1n) is 13.9. The Hall–Kier alpha value is -2.64. The Morgan fingerprint density at radius 1 is 1.19 bits per heavy atom. The minimum Gasteiger partial charge on any atom is -0.496 e. The number of benzene rings is 1. The number of rotatable bonds is 12. The van der Waals surface area contributed by atoms with Gasteiger partial charge >= 0.3 is 5.97 Å². The van der Waals surface area contributed by atoms with E-state index in [0.717, 1.165) is 86.5 Å². The largest absolute Gasteiger partial charge is 0.496 e. The Labute approximate surface area is 220 Å². The number of fused-ring (bicyclic) bond motifs is 1. The van der Waals surface area contributed by atoms with Gasteiger partial charge in [0.1, 0.15) is 17.6 Å². The van der Waals surface area contributed by atoms with Crippen LogP contribution >= 0.6 is 0 Å². The van der Waals surface area contributed by atoms with Gasteiger partial charge in [0.15, 0.2) is 0 Å². The zero-order chi connectivity index (χ0) is 26.0. The number of nitrogens with one attached hydrogen (secondary N) is 1. The van der Waals surface area contributed by atoms with Crippen LogP contribution in [0.2, 0.25) is 0 Å². The fourth-order valence-corrected chi connectivity index (χ4v) is 5.84. The molecule has 2 aliphatic heterocycles. The number of aromatic nitrogens is 1. The molecule has 1 aromatic carbocycles. The summed E-state index contributed by atoms with van der Waals surface area (Å²) < 4.78 is 11.6. The Balaban J connectivity index is 1.05. The molecule has 1 aliphatic carbocycles. The number of hydrogen-bond donors (Lipinski definition) is 2. The lowest BCUT2D eigenvalue weighted by molar-refractivity contribution is -0.151. The topological polar surface area (TPSA) is 83.9 Å². The number of hydrogen-bond acceptors (Lipinski definition) is 6. The van der Waals surface area contributed by atoms with E-state index in [-0.39, 0.29) is 11.5 Å². The van der Waals surface area contributed by atoms with E-state index in [1.807, 2.05) is 23.1 Å². The summed E-state index contributed by atoms with van der Waals surface area (Å²) in [6.07, 6.45) is 7.63. The van der Waals surface area contributed by atoms with Crippen molar-refractivity contribution < 1.29 is 19.4 Å². The molecule has 3 heterocycles. The van der Waals surface area contributed by atoms with Crippen LogP contribution in [0.15, 0.2) is 30.3 Å². The monoisotopic (exact) mass is 507 g/mol. The zero-order valence-corrected chi connectivity index (χ0v) is 22.5. The fourth-order valence-electron chi connectivity index (χ4n) is 5.84. The molecule has 1 saturated heterocycles. The highest BCUT2D eigenvalue weighted by molar-refractivity contribution is 5.77. The van der Waals surface area contributed by atoms with E-state index in [4.69, 9.17) is 14.5 Å². The molecule has 1 saturated carbocycles. The van der Waals surface area contributed by atoms with E-state index in [9.17, 15) is 9.90 Å². The third-order valence-electron chi connectivity index (χ3n) is 8.23. The second-order valence-electron chi connectivity index (χ2n) is 11.5. The molecule has 37 heavy (non-hydrogen) atoms. The van der Waals surface area contributed by atoms with Crippen molar-refractivity contribution in [3.05, 3.63) is 52.7 Å². The number of ether oxygens (including phenoxy) is 2. The van der Waals surface area contributed by atoms with E-state index < -0.39 is 12.0 Å². The van der Waals surface area contributed by atoms with E-state index in [1.54, 1.807) is 7.11 Å². The molecule has 0 amide bonds. The van der Waals surface area contributed by atoms with Gasteiger partial charge in [-0.3, -0.25) is 9.69 Å². The summed E-state index contributed by atoms with van der Waals surface area (Å²) in [5.41, 5.74) is 4.63. The Bertz CT molecular complexity index is 1110. The first-order valence-corrected chi connectivity index (χ1v) is 13.9. The van der Waals surface area contributed by atoms with Gasteiger partial charge in [-0.05, 0) is 67.6 Å². The van der Waals surface area contributed by atoms with Gasteiger partial charge in [0.05, 0.1) is 13.2 Å². The van der Waals surface area contributed by atoms with Crippen LogP contribution in [0.1, 0.15) is 86.7 Å². The van der Waals surface area contributed by atoms with Gasteiger partial charge < -0.3 is 19.9 Å². The molecule has 2 aromatic rings. The van der Waals surface area contributed by atoms with E-state index in [0.29, 0.717) is 19.0 Å². The zero-order valence-electron chi connectivity index (χ0n) is 22.5. The van der Waals surface area contributed by atoms with Crippen LogP contribution < -0.4 is 10.1 Å². The van der Waals surface area contributed by atoms with Crippen molar-refractivity contribution in [2.45, 2.75) is 82.3 Å². The van der Waals surface area contributed by atoms with E-state index >= 15 is 0 Å². The molecule has 1 atom stereocenters. The fraction of sp³-hybridized carbons (Fsp3) is 0.600. The van der Waals surface area contributed by atoms with Gasteiger partial charge in [0.2, 0.25) is 0 Å². The second kappa shape index (κ2) is 11.0. The minimum atomic E-state index is -0.803. The van der Waals surface area contributed by atoms with Crippen molar-refractivity contribution in [2.75, 3.05) is 38.7 Å². The number of aliphatic carboxylic acids is 1. The number of pyridine rings is 1. The van der Waals surface area contributed by atoms with Crippen molar-refractivity contribution >= 4 is 11.8 Å². The smallest absolute Gasteiger partial charge is 0.325 e. The van der Waals surface area contributed by atoms with E-state index in [1.165, 1.54) is 5.56 Å². The highest BCUT2D eigenvalue weighted by Gasteiger charge is 2.41. The predicted molar refractivity (Wildman–Crippen MR) is 145 cm³/mol. The maximum Gasteiger partial charge on any atom is 0.325 e. The van der Waals surface area contributed by atoms with Crippen LogP contribution in [0.4, 0.5) is 5.82 Å². The quantitative estimate of drug-likeness (QED) is 0.377. The van der Waals surface area contributed by atoms with Gasteiger partial charge in [-0.25, -0.2) is 4.98 Å². The third kappa shape index (κ3) is 5.78. The van der Waals surface area contributed by atoms with Crippen LogP contribution in [0, 0.1) is 0 Å². The summed E-state index contributed by atoms with van der Waals surface area (Å²) >= 11 is 0. The van der Waals surface area contributed by atoms with E-state index in [2.05, 4.69) is 31.3 Å². The second-order valence-corrected chi connectivity index (χ2v) is 11.5. The predicted octanol–water partition coefficient (Wildman–Crippen LogP) is 5.30. The summed E-state index contributed by atoms with van der Waals surface area (Å²) in [4.78, 5) is 19.2. The van der Waals surface area contributed by atoms with Gasteiger partial charge in [0.25, 0.3) is 0 Å². The van der Waals surface area contributed by atoms with Crippen LogP contribution in [0.5, 0.6) is 5.75 Å². The molecule has 3 aliphatic rings. The Kier molecular flexibility index (Phi) is 7.72. The molecule has 5 rings (SSSR count). The summed E-state index contributed by atoms with van der Waals surface area (Å²) in [5.74, 6) is 1.49. The van der Waals surface area contributed by atoms with Crippen molar-refractivity contribution in [3.8, 4) is 5.75 Å². The molecule has 0 spiro atoms. The number of carboxylic acid groups (broad SMARTS) is 1. The number of aryl methyl sites for hydroxylation is 1. The lowest BCUT2D eigenvalue weighted by atomic mass is 9.79. The minimum absolute atomic E-state index is 0.105. The first-order chi connectivity index (χ1) is 17.9. The van der Waals surface area contributed by atoms with Crippen LogP contribution in [-0.2, 0) is 21.4 Å². The third-order valence-corrected chi connectivity index (χ3v) is 8.23. The molecular weight excluding hydrogens is 466 g/mol. The maximum atomic E-state index is 12.3. The summed E-state index contributed by atoms with van der Waals surface area (Å²) in [7, 11) is 1.66. The lowest BCUT2D eigenvalue weighted by Crippen LogP contribution is -2.55. The number of likely N-dealkylation sites (tertiary alicyclic amines) is 1.